The summed E-state index contributed by atoms with van der Waals surface area (Å²) in [4.78, 5) is 31.6. The Morgan fingerprint density at radius 3 is 2.31 bits per heavy atom. The van der Waals surface area contributed by atoms with Crippen LogP contribution in [-0.2, 0) is 21.1 Å². The first-order valence-corrected chi connectivity index (χ1v) is 12.9. The molecule has 2 heterocycles. The van der Waals surface area contributed by atoms with Crippen molar-refractivity contribution in [3.63, 3.8) is 0 Å². The lowest BCUT2D eigenvalue weighted by atomic mass is 10.0. The van der Waals surface area contributed by atoms with Gasteiger partial charge in [-0.25, -0.2) is 13.4 Å². The minimum atomic E-state index is -3.28. The Balaban J connectivity index is 1.45. The van der Waals surface area contributed by atoms with E-state index in [0.29, 0.717) is 37.4 Å². The van der Waals surface area contributed by atoms with Crippen LogP contribution in [0.2, 0.25) is 0 Å². The molecular weight excluding hydrogens is 468 g/mol. The number of ether oxygens (including phenoxy) is 1. The number of carbonyl (C=O) groups is 2. The molecule has 0 atom stereocenters. The lowest BCUT2D eigenvalue weighted by Gasteiger charge is -2.26. The van der Waals surface area contributed by atoms with Gasteiger partial charge in [0.2, 0.25) is 0 Å². The third-order valence-electron chi connectivity index (χ3n) is 5.73. The number of nitrogens with one attached hydrogen (secondary N) is 1. The molecule has 3 N–H and O–H groups in total. The van der Waals surface area contributed by atoms with Crippen molar-refractivity contribution in [3.8, 4) is 11.1 Å². The zero-order valence-electron chi connectivity index (χ0n) is 19.2. The summed E-state index contributed by atoms with van der Waals surface area (Å²) in [7, 11) is -3.28. The van der Waals surface area contributed by atoms with Crippen molar-refractivity contribution in [2.75, 3.05) is 38.3 Å². The molecule has 1 aliphatic heterocycles. The summed E-state index contributed by atoms with van der Waals surface area (Å²) in [6.07, 6.45) is 2.72. The second kappa shape index (κ2) is 10.2. The van der Waals surface area contributed by atoms with Crippen LogP contribution in [0, 0.1) is 0 Å². The van der Waals surface area contributed by atoms with Crippen molar-refractivity contribution in [2.24, 2.45) is 0 Å². The predicted octanol–water partition coefficient (Wildman–Crippen LogP) is 2.14. The van der Waals surface area contributed by atoms with Crippen LogP contribution in [0.4, 0.5) is 5.82 Å². The highest BCUT2D eigenvalue weighted by Gasteiger charge is 2.19. The molecule has 0 radical (unpaired) electrons. The number of nitrogens with two attached hydrogens (primary N) is 1. The van der Waals surface area contributed by atoms with Gasteiger partial charge in [-0.05, 0) is 41.5 Å². The third kappa shape index (κ3) is 5.84. The van der Waals surface area contributed by atoms with Crippen molar-refractivity contribution >= 4 is 27.5 Å². The topological polar surface area (TPSA) is 132 Å². The van der Waals surface area contributed by atoms with Gasteiger partial charge < -0.3 is 20.7 Å². The number of hydrogen-bond donors (Lipinski definition) is 2. The molecule has 1 aromatic heterocycles. The highest BCUT2D eigenvalue weighted by atomic mass is 32.2. The SMILES string of the molecule is CS(=O)(=O)c1ccc(CNC(=O)c2cc(-c3ccc(C(=O)N4CCOCC4)cc3)cnc2N)cc1. The molecule has 1 saturated heterocycles. The zero-order valence-corrected chi connectivity index (χ0v) is 20.0. The molecular formula is C25H26N4O5S. The molecule has 35 heavy (non-hydrogen) atoms. The van der Waals surface area contributed by atoms with Crippen molar-refractivity contribution < 1.29 is 22.7 Å². The minimum Gasteiger partial charge on any atom is -0.383 e. The van der Waals surface area contributed by atoms with Gasteiger partial charge in [0.1, 0.15) is 5.82 Å². The summed E-state index contributed by atoms with van der Waals surface area (Å²) in [5.41, 5.74) is 8.99. The summed E-state index contributed by atoms with van der Waals surface area (Å²) in [6.45, 7) is 2.42. The van der Waals surface area contributed by atoms with Crippen molar-refractivity contribution in [2.45, 2.75) is 11.4 Å². The number of hydrogen-bond acceptors (Lipinski definition) is 7. The van der Waals surface area contributed by atoms with E-state index >= 15 is 0 Å². The van der Waals surface area contributed by atoms with E-state index in [1.54, 1.807) is 41.4 Å². The van der Waals surface area contributed by atoms with E-state index in [4.69, 9.17) is 10.5 Å². The van der Waals surface area contributed by atoms with Crippen molar-refractivity contribution in [1.29, 1.82) is 0 Å². The molecule has 0 bridgehead atoms. The lowest BCUT2D eigenvalue weighted by Crippen LogP contribution is -2.40. The molecule has 9 nitrogen and oxygen atoms in total. The molecule has 0 aliphatic carbocycles. The fourth-order valence-electron chi connectivity index (χ4n) is 3.70. The molecule has 182 valence electrons. The molecule has 0 unspecified atom stereocenters. The summed E-state index contributed by atoms with van der Waals surface area (Å²) in [5, 5.41) is 2.78. The van der Waals surface area contributed by atoms with Gasteiger partial charge in [-0.15, -0.1) is 0 Å². The number of amides is 2. The number of rotatable bonds is 6. The van der Waals surface area contributed by atoms with Crippen LogP contribution in [0.25, 0.3) is 11.1 Å². The lowest BCUT2D eigenvalue weighted by molar-refractivity contribution is 0.0303. The smallest absolute Gasteiger partial charge is 0.255 e. The maximum absolute atomic E-state index is 12.8. The van der Waals surface area contributed by atoms with Crippen LogP contribution in [0.5, 0.6) is 0 Å². The number of morpholine rings is 1. The number of benzene rings is 2. The van der Waals surface area contributed by atoms with Gasteiger partial charge in [0, 0.05) is 43.2 Å². The number of sulfone groups is 1. The quantitative estimate of drug-likeness (QED) is 0.537. The standard InChI is InChI=1S/C25H26N4O5S/c1-35(32,33)21-8-2-17(3-9-21)15-28-24(30)22-14-20(16-27-23(22)26)18-4-6-19(7-5-18)25(31)29-10-12-34-13-11-29/h2-9,14,16H,10-13,15H2,1H3,(H2,26,27)(H,28,30). The van der Waals surface area contributed by atoms with Crippen molar-refractivity contribution in [3.05, 3.63) is 77.5 Å². The minimum absolute atomic E-state index is 0.0417. The number of aromatic nitrogens is 1. The highest BCUT2D eigenvalue weighted by Crippen LogP contribution is 2.23. The van der Waals surface area contributed by atoms with Gasteiger partial charge in [0.15, 0.2) is 9.84 Å². The van der Waals surface area contributed by atoms with Gasteiger partial charge in [-0.2, -0.15) is 0 Å². The van der Waals surface area contributed by atoms with E-state index in [9.17, 15) is 18.0 Å². The van der Waals surface area contributed by atoms with Crippen LogP contribution >= 0.6 is 0 Å². The van der Waals surface area contributed by atoms with E-state index in [0.717, 1.165) is 17.4 Å². The van der Waals surface area contributed by atoms with Crippen LogP contribution < -0.4 is 11.1 Å². The molecule has 1 fully saturated rings. The first kappa shape index (κ1) is 24.4. The molecule has 1 aliphatic rings. The zero-order chi connectivity index (χ0) is 25.0. The predicted molar refractivity (Wildman–Crippen MR) is 132 cm³/mol. The number of anilines is 1. The number of pyridine rings is 1. The fourth-order valence-corrected chi connectivity index (χ4v) is 4.33. The van der Waals surface area contributed by atoms with Gasteiger partial charge in [0.05, 0.1) is 23.7 Å². The second-order valence-electron chi connectivity index (χ2n) is 8.24. The molecule has 3 aromatic rings. The third-order valence-corrected chi connectivity index (χ3v) is 6.86. The number of nitrogens with zero attached hydrogens (tertiary/aromatic N) is 2. The molecule has 0 saturated carbocycles. The Labute approximate surface area is 203 Å². The summed E-state index contributed by atoms with van der Waals surface area (Å²) < 4.78 is 28.5. The number of carbonyl (C=O) groups excluding carboxylic acids is 2. The molecule has 2 aromatic carbocycles. The van der Waals surface area contributed by atoms with Gasteiger partial charge in [0.25, 0.3) is 11.8 Å². The normalized spacial score (nSPS) is 13.9. The summed E-state index contributed by atoms with van der Waals surface area (Å²) in [6, 6.07) is 15.1. The Bertz CT molecular complexity index is 1330. The highest BCUT2D eigenvalue weighted by molar-refractivity contribution is 7.90. The van der Waals surface area contributed by atoms with E-state index in [1.807, 2.05) is 12.1 Å². The fraction of sp³-hybridized carbons (Fsp3) is 0.240. The van der Waals surface area contributed by atoms with Gasteiger partial charge in [-0.3, -0.25) is 9.59 Å². The first-order chi connectivity index (χ1) is 16.7. The Kier molecular flexibility index (Phi) is 7.13. The Hall–Kier alpha value is -3.76. The van der Waals surface area contributed by atoms with E-state index in [-0.39, 0.29) is 28.7 Å². The molecule has 0 spiro atoms. The molecule has 2 amide bonds. The van der Waals surface area contributed by atoms with Gasteiger partial charge in [-0.1, -0.05) is 24.3 Å². The number of nitrogen functional groups attached to an aromatic ring is 1. The largest absolute Gasteiger partial charge is 0.383 e. The van der Waals surface area contributed by atoms with E-state index < -0.39 is 15.7 Å². The molecule has 4 rings (SSSR count). The first-order valence-electron chi connectivity index (χ1n) is 11.0. The van der Waals surface area contributed by atoms with Crippen LogP contribution in [0.1, 0.15) is 26.3 Å². The Morgan fingerprint density at radius 2 is 1.69 bits per heavy atom. The maximum atomic E-state index is 12.8. The summed E-state index contributed by atoms with van der Waals surface area (Å²) in [5.74, 6) is -0.346. The monoisotopic (exact) mass is 494 g/mol. The Morgan fingerprint density at radius 1 is 1.03 bits per heavy atom. The average Bonchev–Trinajstić information content (AvgIpc) is 2.87. The van der Waals surface area contributed by atoms with Gasteiger partial charge >= 0.3 is 0 Å². The van der Waals surface area contributed by atoms with Crippen LogP contribution in [0.15, 0.2) is 65.7 Å². The second-order valence-corrected chi connectivity index (χ2v) is 10.3. The van der Waals surface area contributed by atoms with Crippen molar-refractivity contribution in [1.82, 2.24) is 15.2 Å². The maximum Gasteiger partial charge on any atom is 0.255 e. The molecule has 10 heteroatoms. The average molecular weight is 495 g/mol. The van der Waals surface area contributed by atoms with E-state index in [1.165, 1.54) is 12.1 Å². The van der Waals surface area contributed by atoms with Crippen LogP contribution in [-0.4, -0.2) is 62.7 Å². The van der Waals surface area contributed by atoms with Crippen LogP contribution in [0.3, 0.4) is 0 Å². The van der Waals surface area contributed by atoms with E-state index in [2.05, 4.69) is 10.3 Å². The summed E-state index contributed by atoms with van der Waals surface area (Å²) >= 11 is 0.